The van der Waals surface area contributed by atoms with Gasteiger partial charge in [0, 0.05) is 0 Å². The summed E-state index contributed by atoms with van der Waals surface area (Å²) in [7, 11) is -3.83. The highest BCUT2D eigenvalue weighted by Crippen LogP contribution is 2.19. The molecule has 0 radical (unpaired) electrons. The predicted octanol–water partition coefficient (Wildman–Crippen LogP) is 0.275. The van der Waals surface area contributed by atoms with Gasteiger partial charge < -0.3 is 5.11 Å². The van der Waals surface area contributed by atoms with Crippen LogP contribution in [0.5, 0.6) is 0 Å². The molecule has 0 saturated heterocycles. The van der Waals surface area contributed by atoms with E-state index in [0.29, 0.717) is 6.42 Å². The zero-order valence-corrected chi connectivity index (χ0v) is 12.4. The smallest absolute Gasteiger partial charge is 0.325 e. The summed E-state index contributed by atoms with van der Waals surface area (Å²) < 4.78 is 28.1. The molecule has 0 fully saturated rings. The number of aryl methyl sites for hydroxylation is 1. The van der Waals surface area contributed by atoms with Gasteiger partial charge in [0.1, 0.15) is 11.4 Å². The molecule has 1 unspecified atom stereocenters. The zero-order chi connectivity index (χ0) is 15.5. The fourth-order valence-corrected chi connectivity index (χ4v) is 3.48. The molecule has 20 heavy (non-hydrogen) atoms. The standard InChI is InChI=1S/C12H17N3O4S/c1-5-10(6-2)14-20(18,19)12-8(3)13-15(9(12)4)7-11(16)17/h1,10,14H,6-7H2,2-4H3,(H,16,17). The molecule has 1 rings (SSSR count). The van der Waals surface area contributed by atoms with E-state index in [0.717, 1.165) is 4.68 Å². The van der Waals surface area contributed by atoms with Gasteiger partial charge >= 0.3 is 5.97 Å². The van der Waals surface area contributed by atoms with Crippen molar-refractivity contribution in [2.45, 2.75) is 44.7 Å². The first-order valence-corrected chi connectivity index (χ1v) is 7.45. The molecule has 0 bridgehead atoms. The molecule has 8 heteroatoms. The topological polar surface area (TPSA) is 101 Å². The molecule has 0 aliphatic heterocycles. The Hall–Kier alpha value is -1.85. The summed E-state index contributed by atoms with van der Waals surface area (Å²) in [5.41, 5.74) is 0.507. The summed E-state index contributed by atoms with van der Waals surface area (Å²) in [6.07, 6.45) is 5.70. The van der Waals surface area contributed by atoms with Crippen LogP contribution in [0.15, 0.2) is 4.90 Å². The third-order valence-corrected chi connectivity index (χ3v) is 4.50. The second-order valence-electron chi connectivity index (χ2n) is 4.30. The van der Waals surface area contributed by atoms with Crippen LogP contribution in [0.4, 0.5) is 0 Å². The van der Waals surface area contributed by atoms with Gasteiger partial charge in [0.05, 0.1) is 17.4 Å². The Kier molecular flexibility index (Phi) is 4.92. The summed E-state index contributed by atoms with van der Waals surface area (Å²) in [6.45, 7) is 4.39. The van der Waals surface area contributed by atoms with Crippen molar-refractivity contribution in [3.8, 4) is 12.3 Å². The average molecular weight is 299 g/mol. The molecule has 0 amide bonds. The van der Waals surface area contributed by atoms with Gasteiger partial charge in [-0.15, -0.1) is 6.42 Å². The van der Waals surface area contributed by atoms with Gasteiger partial charge in [-0.3, -0.25) is 9.48 Å². The van der Waals surface area contributed by atoms with Crippen molar-refractivity contribution >= 4 is 16.0 Å². The fraction of sp³-hybridized carbons (Fsp3) is 0.500. The van der Waals surface area contributed by atoms with Crippen LogP contribution in [-0.2, 0) is 21.4 Å². The number of aliphatic carboxylic acids is 1. The third kappa shape index (κ3) is 3.37. The summed E-state index contributed by atoms with van der Waals surface area (Å²) >= 11 is 0. The van der Waals surface area contributed by atoms with Crippen LogP contribution in [0.1, 0.15) is 24.7 Å². The summed E-state index contributed by atoms with van der Waals surface area (Å²) in [4.78, 5) is 10.7. The number of carbonyl (C=O) groups is 1. The minimum atomic E-state index is -3.83. The number of carboxylic acids is 1. The van der Waals surface area contributed by atoms with Gasteiger partial charge in [0.15, 0.2) is 0 Å². The van der Waals surface area contributed by atoms with E-state index in [-0.39, 0.29) is 16.3 Å². The molecular weight excluding hydrogens is 282 g/mol. The number of sulfonamides is 1. The van der Waals surface area contributed by atoms with Crippen LogP contribution in [0, 0.1) is 26.2 Å². The highest BCUT2D eigenvalue weighted by Gasteiger charge is 2.26. The third-order valence-electron chi connectivity index (χ3n) is 2.78. The monoisotopic (exact) mass is 299 g/mol. The van der Waals surface area contributed by atoms with Crippen LogP contribution in [0.2, 0.25) is 0 Å². The molecular formula is C12H17N3O4S. The van der Waals surface area contributed by atoms with E-state index in [9.17, 15) is 13.2 Å². The van der Waals surface area contributed by atoms with E-state index in [4.69, 9.17) is 11.5 Å². The maximum Gasteiger partial charge on any atom is 0.325 e. The molecule has 0 spiro atoms. The summed E-state index contributed by atoms with van der Waals surface area (Å²) in [5.74, 6) is 1.25. The van der Waals surface area contributed by atoms with Crippen LogP contribution in [-0.4, -0.2) is 35.3 Å². The van der Waals surface area contributed by atoms with Gasteiger partial charge in [-0.05, 0) is 20.3 Å². The van der Waals surface area contributed by atoms with Crippen molar-refractivity contribution in [3.63, 3.8) is 0 Å². The largest absolute Gasteiger partial charge is 0.480 e. The number of terminal acetylenes is 1. The first-order valence-electron chi connectivity index (χ1n) is 5.97. The van der Waals surface area contributed by atoms with E-state index in [2.05, 4.69) is 15.7 Å². The lowest BCUT2D eigenvalue weighted by atomic mass is 10.3. The molecule has 2 N–H and O–H groups in total. The highest BCUT2D eigenvalue weighted by atomic mass is 32.2. The number of hydrogen-bond donors (Lipinski definition) is 2. The SMILES string of the molecule is C#CC(CC)NS(=O)(=O)c1c(C)nn(CC(=O)O)c1C. The number of nitrogens with zero attached hydrogens (tertiary/aromatic N) is 2. The van der Waals surface area contributed by atoms with Crippen molar-refractivity contribution in [1.29, 1.82) is 0 Å². The second kappa shape index (κ2) is 6.07. The summed E-state index contributed by atoms with van der Waals surface area (Å²) in [5, 5.41) is 12.7. The number of aromatic nitrogens is 2. The minimum absolute atomic E-state index is 0.0209. The van der Waals surface area contributed by atoms with Crippen molar-refractivity contribution in [3.05, 3.63) is 11.4 Å². The summed E-state index contributed by atoms with van der Waals surface area (Å²) in [6, 6.07) is -0.610. The van der Waals surface area contributed by atoms with Gasteiger partial charge in [0.25, 0.3) is 0 Å². The van der Waals surface area contributed by atoms with E-state index >= 15 is 0 Å². The number of hydrogen-bond acceptors (Lipinski definition) is 4. The maximum absolute atomic E-state index is 12.3. The van der Waals surface area contributed by atoms with Crippen molar-refractivity contribution in [2.75, 3.05) is 0 Å². The Morgan fingerprint density at radius 3 is 2.60 bits per heavy atom. The maximum atomic E-state index is 12.3. The number of nitrogens with one attached hydrogen (secondary N) is 1. The molecule has 1 aromatic heterocycles. The van der Waals surface area contributed by atoms with Crippen molar-refractivity contribution in [2.24, 2.45) is 0 Å². The molecule has 0 saturated carbocycles. The van der Waals surface area contributed by atoms with Gasteiger partial charge in [0.2, 0.25) is 10.0 Å². The average Bonchev–Trinajstić information content (AvgIpc) is 2.61. The van der Waals surface area contributed by atoms with Crippen molar-refractivity contribution < 1.29 is 18.3 Å². The van der Waals surface area contributed by atoms with Gasteiger partial charge in [-0.2, -0.15) is 9.82 Å². The Bertz CT molecular complexity index is 655. The van der Waals surface area contributed by atoms with E-state index < -0.39 is 28.6 Å². The predicted molar refractivity (Wildman–Crippen MR) is 72.6 cm³/mol. The minimum Gasteiger partial charge on any atom is -0.480 e. The Morgan fingerprint density at radius 2 is 2.15 bits per heavy atom. The first-order chi connectivity index (χ1) is 9.22. The van der Waals surface area contributed by atoms with Gasteiger partial charge in [-0.25, -0.2) is 8.42 Å². The molecule has 110 valence electrons. The first kappa shape index (κ1) is 16.2. The zero-order valence-electron chi connectivity index (χ0n) is 11.5. The molecule has 1 aromatic rings. The van der Waals surface area contributed by atoms with Crippen molar-refractivity contribution in [1.82, 2.24) is 14.5 Å². The van der Waals surface area contributed by atoms with Crippen LogP contribution in [0.25, 0.3) is 0 Å². The quantitative estimate of drug-likeness (QED) is 0.734. The van der Waals surface area contributed by atoms with Crippen LogP contribution < -0.4 is 4.72 Å². The lowest BCUT2D eigenvalue weighted by Crippen LogP contribution is -2.33. The number of carboxylic acid groups (broad SMARTS) is 1. The lowest BCUT2D eigenvalue weighted by molar-refractivity contribution is -0.137. The van der Waals surface area contributed by atoms with E-state index in [1.54, 1.807) is 6.92 Å². The molecule has 0 aliphatic rings. The fourth-order valence-electron chi connectivity index (χ4n) is 1.83. The second-order valence-corrected chi connectivity index (χ2v) is 5.95. The molecule has 7 nitrogen and oxygen atoms in total. The van der Waals surface area contributed by atoms with E-state index in [1.165, 1.54) is 13.8 Å². The van der Waals surface area contributed by atoms with Crippen LogP contribution in [0.3, 0.4) is 0 Å². The molecule has 1 atom stereocenters. The Morgan fingerprint density at radius 1 is 1.55 bits per heavy atom. The molecule has 1 heterocycles. The lowest BCUT2D eigenvalue weighted by Gasteiger charge is -2.11. The Balaban J connectivity index is 3.23. The van der Waals surface area contributed by atoms with Gasteiger partial charge in [-0.1, -0.05) is 12.8 Å². The highest BCUT2D eigenvalue weighted by molar-refractivity contribution is 7.89. The van der Waals surface area contributed by atoms with Crippen LogP contribution >= 0.6 is 0 Å². The number of rotatable bonds is 6. The van der Waals surface area contributed by atoms with E-state index in [1.807, 2.05) is 0 Å². The Labute approximate surface area is 118 Å². The molecule has 0 aromatic carbocycles. The molecule has 0 aliphatic carbocycles. The normalized spacial score (nSPS) is 12.9.